The Hall–Kier alpha value is -4.51. The number of carboxylic acids is 1. The van der Waals surface area contributed by atoms with E-state index in [0.29, 0.717) is 45.8 Å². The van der Waals surface area contributed by atoms with Gasteiger partial charge in [0.2, 0.25) is 11.3 Å². The second-order valence-corrected chi connectivity index (χ2v) is 16.9. The highest BCUT2D eigenvalue weighted by Crippen LogP contribution is 2.42. The number of fused-ring (bicyclic) bond motifs is 2. The van der Waals surface area contributed by atoms with Crippen molar-refractivity contribution in [3.8, 4) is 22.5 Å². The molecule has 3 aliphatic heterocycles. The molecule has 2 aromatic carbocycles. The van der Waals surface area contributed by atoms with Crippen LogP contribution in [-0.4, -0.2) is 139 Å². The third-order valence-corrected chi connectivity index (χ3v) is 12.4. The van der Waals surface area contributed by atoms with Crippen LogP contribution in [0.5, 0.6) is 0 Å². The number of carbonyl (C=O) groups is 3. The number of rotatable bonds is 12. The van der Waals surface area contributed by atoms with Gasteiger partial charge in [-0.1, -0.05) is 19.4 Å². The van der Waals surface area contributed by atoms with E-state index >= 15 is 0 Å². The van der Waals surface area contributed by atoms with Gasteiger partial charge in [-0.05, 0) is 74.9 Å². The molecular formula is C43H56N5O9S+. The number of amides is 2. The number of likely N-dealkylation sites (tertiary alicyclic amines) is 1. The summed E-state index contributed by atoms with van der Waals surface area (Å²) < 4.78 is 14.5. The van der Waals surface area contributed by atoms with E-state index in [1.54, 1.807) is 25.3 Å². The first kappa shape index (κ1) is 43.1. The Bertz CT molecular complexity index is 2200. The summed E-state index contributed by atoms with van der Waals surface area (Å²) in [4.78, 5) is 45.0. The third kappa shape index (κ3) is 8.61. The van der Waals surface area contributed by atoms with Gasteiger partial charge in [0, 0.05) is 66.6 Å². The predicted octanol–water partition coefficient (Wildman–Crippen LogP) is 2.89. The number of aliphatic hydroxyl groups excluding tert-OH is 3. The first-order valence-corrected chi connectivity index (χ1v) is 20.9. The van der Waals surface area contributed by atoms with Gasteiger partial charge in [-0.2, -0.15) is 0 Å². The average Bonchev–Trinajstić information content (AvgIpc) is 3.57. The van der Waals surface area contributed by atoms with Crippen molar-refractivity contribution >= 4 is 46.2 Å². The summed E-state index contributed by atoms with van der Waals surface area (Å²) in [6, 6.07) is 13.6. The van der Waals surface area contributed by atoms with Crippen molar-refractivity contribution in [2.45, 2.75) is 81.1 Å². The fraction of sp³-hybridized carbons (Fsp3) is 0.488. The number of aromatic carboxylic acids is 1. The largest absolute Gasteiger partial charge is 0.478 e. The molecule has 0 bridgehead atoms. The Kier molecular flexibility index (Phi) is 13.2. The Morgan fingerprint density at radius 1 is 0.983 bits per heavy atom. The smallest absolute Gasteiger partial charge is 0.336 e. The summed E-state index contributed by atoms with van der Waals surface area (Å²) in [6.07, 6.45) is -1.47. The fourth-order valence-electron chi connectivity index (χ4n) is 8.32. The van der Waals surface area contributed by atoms with Gasteiger partial charge in [0.05, 0.1) is 23.7 Å². The minimum atomic E-state index is -1.60. The van der Waals surface area contributed by atoms with E-state index in [1.165, 1.54) is 6.07 Å². The van der Waals surface area contributed by atoms with Gasteiger partial charge in [-0.3, -0.25) is 14.5 Å². The third-order valence-electron chi connectivity index (χ3n) is 11.5. The van der Waals surface area contributed by atoms with E-state index in [9.17, 15) is 34.8 Å². The highest BCUT2D eigenvalue weighted by molar-refractivity contribution is 7.99. The molecule has 4 aliphatic rings. The van der Waals surface area contributed by atoms with E-state index in [1.807, 2.05) is 86.0 Å². The molecule has 0 spiro atoms. The van der Waals surface area contributed by atoms with Gasteiger partial charge in [0.25, 0.3) is 5.91 Å². The minimum Gasteiger partial charge on any atom is -0.478 e. The molecule has 9 atom stereocenters. The van der Waals surface area contributed by atoms with Crippen molar-refractivity contribution in [3.05, 3.63) is 71.1 Å². The van der Waals surface area contributed by atoms with Crippen molar-refractivity contribution in [2.24, 2.45) is 5.92 Å². The number of nitrogens with zero attached hydrogens (tertiary/aromatic N) is 3. The zero-order chi connectivity index (χ0) is 42.2. The zero-order valence-corrected chi connectivity index (χ0v) is 35.1. The van der Waals surface area contributed by atoms with Crippen LogP contribution in [0.3, 0.4) is 0 Å². The summed E-state index contributed by atoms with van der Waals surface area (Å²) in [5, 5.41) is 50.8. The molecule has 3 unspecified atom stereocenters. The molecule has 312 valence electrons. The SMILES string of the molecule is CCC[C@@H]1CC(C(=O)N[C@H](C(C)NC(=O)c2ccc(-c3c4ccc(=[N+](C)C)cc-4oc4cc(N(C)C)ccc34)c(C(=O)O)c2)C2O[C@H](SC)[C@H](O)[C@@H](O)[C@H]2O)N(C)C1. The van der Waals surface area contributed by atoms with Gasteiger partial charge >= 0.3 is 5.97 Å². The summed E-state index contributed by atoms with van der Waals surface area (Å²) >= 11 is 1.14. The van der Waals surface area contributed by atoms with E-state index in [4.69, 9.17) is 9.15 Å². The Labute approximate surface area is 342 Å². The lowest BCUT2D eigenvalue weighted by atomic mass is 9.89. The van der Waals surface area contributed by atoms with Crippen LogP contribution in [0.1, 0.15) is 53.8 Å². The second-order valence-electron chi connectivity index (χ2n) is 16.0. The first-order chi connectivity index (χ1) is 27.5. The maximum Gasteiger partial charge on any atom is 0.336 e. The van der Waals surface area contributed by atoms with Gasteiger partial charge in [0.1, 0.15) is 55.3 Å². The lowest BCUT2D eigenvalue weighted by Crippen LogP contribution is -2.67. The molecule has 6 rings (SSSR count). The molecule has 6 N–H and O–H groups in total. The number of thioether (sulfide) groups is 1. The summed E-state index contributed by atoms with van der Waals surface area (Å²) in [5.41, 5.74) is 2.21. The molecular weight excluding hydrogens is 763 g/mol. The molecule has 0 saturated carbocycles. The topological polar surface area (TPSA) is 188 Å². The maximum absolute atomic E-state index is 14.1. The van der Waals surface area contributed by atoms with Crippen molar-refractivity contribution < 1.29 is 44.0 Å². The normalized spacial score (nSPS) is 24.7. The summed E-state index contributed by atoms with van der Waals surface area (Å²) in [7, 11) is 9.58. The molecule has 2 amide bonds. The lowest BCUT2D eigenvalue weighted by Gasteiger charge is -2.45. The van der Waals surface area contributed by atoms with Crippen LogP contribution in [-0.2, 0) is 9.53 Å². The Morgan fingerprint density at radius 3 is 2.36 bits per heavy atom. The lowest BCUT2D eigenvalue weighted by molar-refractivity contribution is -0.206. The van der Waals surface area contributed by atoms with Crippen molar-refractivity contribution in [2.75, 3.05) is 52.9 Å². The van der Waals surface area contributed by atoms with E-state index in [-0.39, 0.29) is 17.0 Å². The standard InChI is InChI=1S/C43H55N5O9S/c1-9-10-23-17-31(48(7)21-23)41(53)45-35(39-37(50)36(49)38(51)43(57-39)58-8)22(2)44-40(52)24-11-14-27(30(18-24)42(54)55)34-28-15-12-25(46(3)4)19-32(28)56-33-20-26(47(5)6)13-16-29(33)34/h11-16,18-20,22-23,31,35-39,43,49-51H,9-10,17,21H2,1-8H3,(H2-,44,45,52,53,54,55)/p+1/t22?,23-,31?,35-,36+,37-,38-,39?,43-/m1/s1. The van der Waals surface area contributed by atoms with Crippen LogP contribution in [0.2, 0.25) is 0 Å². The number of hydrogen-bond donors (Lipinski definition) is 6. The number of aliphatic hydroxyl groups is 3. The van der Waals surface area contributed by atoms with Gasteiger partial charge < -0.3 is 45.1 Å². The summed E-state index contributed by atoms with van der Waals surface area (Å²) in [6.45, 7) is 4.50. The zero-order valence-electron chi connectivity index (χ0n) is 34.3. The number of likely N-dealkylation sites (N-methyl/N-ethyl adjacent to an activating group) is 1. The van der Waals surface area contributed by atoms with E-state index < -0.39 is 59.9 Å². The minimum absolute atomic E-state index is 0.0533. The highest BCUT2D eigenvalue weighted by atomic mass is 32.2. The molecule has 14 nitrogen and oxygen atoms in total. The monoisotopic (exact) mass is 818 g/mol. The Balaban J connectivity index is 1.36. The van der Waals surface area contributed by atoms with E-state index in [2.05, 4.69) is 17.6 Å². The first-order valence-electron chi connectivity index (χ1n) is 19.6. The fourth-order valence-corrected chi connectivity index (χ4v) is 9.00. The number of hydrogen-bond acceptors (Lipinski definition) is 11. The quantitative estimate of drug-likeness (QED) is 0.0909. The second kappa shape index (κ2) is 17.8. The molecule has 15 heteroatoms. The van der Waals surface area contributed by atoms with Crippen LogP contribution >= 0.6 is 11.8 Å². The number of carbonyl (C=O) groups excluding carboxylic acids is 2. The van der Waals surface area contributed by atoms with Crippen LogP contribution in [0.15, 0.2) is 59.0 Å². The molecule has 2 aromatic rings. The molecule has 2 saturated heterocycles. The molecule has 58 heavy (non-hydrogen) atoms. The Morgan fingerprint density at radius 2 is 1.71 bits per heavy atom. The highest BCUT2D eigenvalue weighted by Gasteiger charge is 2.49. The number of ether oxygens (including phenoxy) is 1. The predicted molar refractivity (Wildman–Crippen MR) is 225 cm³/mol. The number of nitrogens with one attached hydrogen (secondary N) is 2. The maximum atomic E-state index is 14.1. The number of carboxylic acid groups (broad SMARTS) is 1. The van der Waals surface area contributed by atoms with Crippen LogP contribution in [0.4, 0.5) is 5.69 Å². The van der Waals surface area contributed by atoms with Crippen LogP contribution < -0.4 is 25.5 Å². The number of anilines is 1. The number of benzene rings is 3. The van der Waals surface area contributed by atoms with Gasteiger partial charge in [0.15, 0.2) is 0 Å². The van der Waals surface area contributed by atoms with Gasteiger partial charge in [-0.15, -0.1) is 11.8 Å². The molecule has 0 radical (unpaired) electrons. The summed E-state index contributed by atoms with van der Waals surface area (Å²) in [5.74, 6) is -1.28. The van der Waals surface area contributed by atoms with E-state index in [0.717, 1.165) is 42.2 Å². The van der Waals surface area contributed by atoms with Crippen molar-refractivity contribution in [1.82, 2.24) is 20.1 Å². The molecule has 2 fully saturated rings. The van der Waals surface area contributed by atoms with Crippen molar-refractivity contribution in [3.63, 3.8) is 0 Å². The average molecular weight is 819 g/mol. The van der Waals surface area contributed by atoms with Crippen molar-refractivity contribution in [1.29, 1.82) is 0 Å². The van der Waals surface area contributed by atoms with Crippen LogP contribution in [0, 0.1) is 5.92 Å². The molecule has 1 aliphatic carbocycles. The van der Waals surface area contributed by atoms with Gasteiger partial charge in [-0.25, -0.2) is 9.37 Å². The molecule has 0 aromatic heterocycles. The van der Waals surface area contributed by atoms with Crippen LogP contribution in [0.25, 0.3) is 33.4 Å². The molecule has 3 heterocycles.